The largest absolute Gasteiger partial charge is 0.330 e. The Morgan fingerprint density at radius 1 is 1.44 bits per heavy atom. The highest BCUT2D eigenvalue weighted by atomic mass is 16.1. The second kappa shape index (κ2) is 5.66. The summed E-state index contributed by atoms with van der Waals surface area (Å²) in [5, 5.41) is 2.92. The van der Waals surface area contributed by atoms with Crippen LogP contribution in [0.25, 0.3) is 0 Å². The molecule has 1 unspecified atom stereocenters. The number of carbonyl (C=O) groups excluding carboxylic acids is 1. The van der Waals surface area contributed by atoms with Crippen LogP contribution in [-0.4, -0.2) is 12.5 Å². The molecule has 0 aromatic heterocycles. The molecule has 1 atom stereocenters. The Labute approximate surface area is 97.0 Å². The van der Waals surface area contributed by atoms with E-state index in [-0.39, 0.29) is 11.8 Å². The van der Waals surface area contributed by atoms with Crippen LogP contribution in [0.15, 0.2) is 18.2 Å². The Morgan fingerprint density at radius 2 is 2.12 bits per heavy atom. The molecule has 1 rings (SSSR count). The van der Waals surface area contributed by atoms with Gasteiger partial charge in [0.15, 0.2) is 0 Å². The summed E-state index contributed by atoms with van der Waals surface area (Å²) in [5.41, 5.74) is 8.61. The van der Waals surface area contributed by atoms with Gasteiger partial charge in [-0.25, -0.2) is 0 Å². The summed E-state index contributed by atoms with van der Waals surface area (Å²) in [5.74, 6) is 0.261. The predicted molar refractivity (Wildman–Crippen MR) is 67.4 cm³/mol. The van der Waals surface area contributed by atoms with E-state index in [1.807, 2.05) is 39.0 Å². The van der Waals surface area contributed by atoms with Crippen molar-refractivity contribution in [1.82, 2.24) is 0 Å². The van der Waals surface area contributed by atoms with Crippen LogP contribution in [0.2, 0.25) is 0 Å². The van der Waals surface area contributed by atoms with E-state index in [2.05, 4.69) is 5.32 Å². The molecular formula is C13H20N2O. The molecule has 0 aliphatic rings. The van der Waals surface area contributed by atoms with E-state index in [1.54, 1.807) is 0 Å². The lowest BCUT2D eigenvalue weighted by Gasteiger charge is -2.11. The molecule has 0 spiro atoms. The number of amides is 1. The van der Waals surface area contributed by atoms with Gasteiger partial charge in [-0.2, -0.15) is 0 Å². The molecule has 88 valence electrons. The Bertz CT molecular complexity index is 374. The van der Waals surface area contributed by atoms with Crippen LogP contribution < -0.4 is 11.1 Å². The Morgan fingerprint density at radius 3 is 2.75 bits per heavy atom. The number of hydrogen-bond acceptors (Lipinski definition) is 2. The van der Waals surface area contributed by atoms with Crippen molar-refractivity contribution in [2.24, 2.45) is 11.7 Å². The van der Waals surface area contributed by atoms with Gasteiger partial charge in [-0.05, 0) is 43.5 Å². The van der Waals surface area contributed by atoms with Crippen LogP contribution in [0.5, 0.6) is 0 Å². The van der Waals surface area contributed by atoms with Crippen molar-refractivity contribution in [3.05, 3.63) is 29.3 Å². The van der Waals surface area contributed by atoms with Crippen molar-refractivity contribution in [2.75, 3.05) is 11.9 Å². The van der Waals surface area contributed by atoms with Crippen LogP contribution >= 0.6 is 0 Å². The quantitative estimate of drug-likeness (QED) is 0.817. The minimum atomic E-state index is 0.0339. The molecule has 0 heterocycles. The van der Waals surface area contributed by atoms with Gasteiger partial charge in [-0.1, -0.05) is 19.1 Å². The van der Waals surface area contributed by atoms with E-state index in [0.29, 0.717) is 13.0 Å². The van der Waals surface area contributed by atoms with E-state index in [1.165, 1.54) is 0 Å². The summed E-state index contributed by atoms with van der Waals surface area (Å²) < 4.78 is 0. The van der Waals surface area contributed by atoms with E-state index in [9.17, 15) is 4.79 Å². The smallest absolute Gasteiger partial charge is 0.224 e. The highest BCUT2D eigenvalue weighted by Crippen LogP contribution is 2.17. The van der Waals surface area contributed by atoms with E-state index in [0.717, 1.165) is 16.8 Å². The Balaban J connectivity index is 2.65. The standard InChI is InChI=1S/C13H20N2O/c1-9-4-5-11(3)12(6-9)15-13(16)7-10(2)8-14/h4-6,10H,7-8,14H2,1-3H3,(H,15,16). The van der Waals surface area contributed by atoms with Crippen molar-refractivity contribution in [1.29, 1.82) is 0 Å². The van der Waals surface area contributed by atoms with Crippen LogP contribution in [-0.2, 0) is 4.79 Å². The fourth-order valence-corrected chi connectivity index (χ4v) is 1.47. The third-order valence-corrected chi connectivity index (χ3v) is 2.60. The Hall–Kier alpha value is -1.35. The van der Waals surface area contributed by atoms with E-state index < -0.39 is 0 Å². The highest BCUT2D eigenvalue weighted by Gasteiger charge is 2.08. The number of anilines is 1. The maximum absolute atomic E-state index is 11.7. The molecule has 0 aliphatic carbocycles. The van der Waals surface area contributed by atoms with Crippen molar-refractivity contribution >= 4 is 11.6 Å². The molecule has 0 bridgehead atoms. The lowest BCUT2D eigenvalue weighted by atomic mass is 10.1. The summed E-state index contributed by atoms with van der Waals surface area (Å²) >= 11 is 0. The molecule has 16 heavy (non-hydrogen) atoms. The van der Waals surface area contributed by atoms with Gasteiger partial charge in [0, 0.05) is 12.1 Å². The first-order valence-corrected chi connectivity index (χ1v) is 5.60. The van der Waals surface area contributed by atoms with Crippen molar-refractivity contribution in [3.63, 3.8) is 0 Å². The van der Waals surface area contributed by atoms with Gasteiger partial charge in [-0.15, -0.1) is 0 Å². The average molecular weight is 220 g/mol. The van der Waals surface area contributed by atoms with Crippen molar-refractivity contribution in [2.45, 2.75) is 27.2 Å². The number of aryl methyl sites for hydroxylation is 2. The predicted octanol–water partition coefficient (Wildman–Crippen LogP) is 2.23. The van der Waals surface area contributed by atoms with Crippen LogP contribution in [0.4, 0.5) is 5.69 Å². The molecule has 0 radical (unpaired) electrons. The molecule has 1 aromatic rings. The summed E-state index contributed by atoms with van der Waals surface area (Å²) in [6.07, 6.45) is 0.476. The van der Waals surface area contributed by atoms with Gasteiger partial charge in [0.2, 0.25) is 5.91 Å². The maximum atomic E-state index is 11.7. The summed E-state index contributed by atoms with van der Waals surface area (Å²) in [6.45, 7) is 6.52. The monoisotopic (exact) mass is 220 g/mol. The minimum absolute atomic E-state index is 0.0339. The van der Waals surface area contributed by atoms with Gasteiger partial charge in [0.25, 0.3) is 0 Å². The maximum Gasteiger partial charge on any atom is 0.224 e. The number of rotatable bonds is 4. The molecule has 0 fully saturated rings. The lowest BCUT2D eigenvalue weighted by molar-refractivity contribution is -0.116. The van der Waals surface area contributed by atoms with Gasteiger partial charge < -0.3 is 11.1 Å². The van der Waals surface area contributed by atoms with Gasteiger partial charge >= 0.3 is 0 Å². The molecule has 0 saturated carbocycles. The van der Waals surface area contributed by atoms with Gasteiger partial charge in [-0.3, -0.25) is 4.79 Å². The molecule has 0 saturated heterocycles. The second-order valence-electron chi connectivity index (χ2n) is 4.41. The molecule has 3 N–H and O–H groups in total. The highest BCUT2D eigenvalue weighted by molar-refractivity contribution is 5.91. The van der Waals surface area contributed by atoms with Gasteiger partial charge in [0.05, 0.1) is 0 Å². The van der Waals surface area contributed by atoms with Crippen molar-refractivity contribution < 1.29 is 4.79 Å². The number of hydrogen-bond donors (Lipinski definition) is 2. The van der Waals surface area contributed by atoms with Gasteiger partial charge in [0.1, 0.15) is 0 Å². The third-order valence-electron chi connectivity index (χ3n) is 2.60. The zero-order valence-electron chi connectivity index (χ0n) is 10.2. The van der Waals surface area contributed by atoms with E-state index in [4.69, 9.17) is 5.73 Å². The van der Waals surface area contributed by atoms with E-state index >= 15 is 0 Å². The third kappa shape index (κ3) is 3.66. The molecule has 3 heteroatoms. The summed E-state index contributed by atoms with van der Waals surface area (Å²) in [4.78, 5) is 11.7. The fourth-order valence-electron chi connectivity index (χ4n) is 1.47. The summed E-state index contributed by atoms with van der Waals surface area (Å²) in [7, 11) is 0. The topological polar surface area (TPSA) is 55.1 Å². The Kier molecular flexibility index (Phi) is 4.50. The first-order chi connectivity index (χ1) is 7.52. The summed E-state index contributed by atoms with van der Waals surface area (Å²) in [6, 6.07) is 6.03. The number of nitrogens with two attached hydrogens (primary N) is 1. The molecule has 0 aliphatic heterocycles. The molecular weight excluding hydrogens is 200 g/mol. The zero-order valence-corrected chi connectivity index (χ0v) is 10.2. The number of benzene rings is 1. The van der Waals surface area contributed by atoms with Crippen LogP contribution in [0.3, 0.4) is 0 Å². The number of nitrogens with one attached hydrogen (secondary N) is 1. The first-order valence-electron chi connectivity index (χ1n) is 5.60. The normalized spacial score (nSPS) is 12.2. The molecule has 1 aromatic carbocycles. The molecule has 3 nitrogen and oxygen atoms in total. The lowest BCUT2D eigenvalue weighted by Crippen LogP contribution is -2.20. The SMILES string of the molecule is Cc1ccc(C)c(NC(=O)CC(C)CN)c1. The number of carbonyl (C=O) groups is 1. The second-order valence-corrected chi connectivity index (χ2v) is 4.41. The minimum Gasteiger partial charge on any atom is -0.330 e. The van der Waals surface area contributed by atoms with Crippen LogP contribution in [0, 0.1) is 19.8 Å². The van der Waals surface area contributed by atoms with Crippen molar-refractivity contribution in [3.8, 4) is 0 Å². The van der Waals surface area contributed by atoms with Crippen LogP contribution in [0.1, 0.15) is 24.5 Å². The first kappa shape index (κ1) is 12.7. The average Bonchev–Trinajstić information content (AvgIpc) is 2.23. The molecule has 1 amide bonds. The fraction of sp³-hybridized carbons (Fsp3) is 0.462. The zero-order chi connectivity index (χ0) is 12.1.